The third-order valence-electron chi connectivity index (χ3n) is 6.84. The maximum Gasteiger partial charge on any atom is 0.416 e. The van der Waals surface area contributed by atoms with Gasteiger partial charge in [-0.3, -0.25) is 19.2 Å². The highest BCUT2D eigenvalue weighted by molar-refractivity contribution is 8.18. The summed E-state index contributed by atoms with van der Waals surface area (Å²) in [7, 11) is 3.32. The van der Waals surface area contributed by atoms with Crippen LogP contribution in [0.4, 0.5) is 18.0 Å². The van der Waals surface area contributed by atoms with Gasteiger partial charge in [-0.1, -0.05) is 12.1 Å². The Morgan fingerprint density at radius 2 is 2.00 bits per heavy atom. The van der Waals surface area contributed by atoms with Crippen molar-refractivity contribution in [2.75, 3.05) is 27.2 Å². The number of imide groups is 1. The molecule has 0 bridgehead atoms. The highest BCUT2D eigenvalue weighted by Crippen LogP contribution is 2.36. The van der Waals surface area contributed by atoms with E-state index in [0.717, 1.165) is 37.2 Å². The van der Waals surface area contributed by atoms with Crippen LogP contribution in [0.3, 0.4) is 0 Å². The van der Waals surface area contributed by atoms with E-state index in [1.807, 2.05) is 7.05 Å². The fraction of sp³-hybridized carbons (Fsp3) is 0.346. The maximum atomic E-state index is 13.6. The van der Waals surface area contributed by atoms with E-state index >= 15 is 0 Å². The van der Waals surface area contributed by atoms with Gasteiger partial charge in [0.25, 0.3) is 11.1 Å². The van der Waals surface area contributed by atoms with Crippen molar-refractivity contribution in [2.45, 2.75) is 31.6 Å². The summed E-state index contributed by atoms with van der Waals surface area (Å²) in [6, 6.07) is 9.36. The molecule has 2 aliphatic heterocycles. The Morgan fingerprint density at radius 3 is 2.70 bits per heavy atom. The zero-order valence-corrected chi connectivity index (χ0v) is 21.1. The van der Waals surface area contributed by atoms with Crippen molar-refractivity contribution in [3.05, 3.63) is 64.2 Å². The van der Waals surface area contributed by atoms with Crippen molar-refractivity contribution in [2.24, 2.45) is 0 Å². The fourth-order valence-electron chi connectivity index (χ4n) is 4.80. The molecule has 5 rings (SSSR count). The fourth-order valence-corrected chi connectivity index (χ4v) is 5.64. The van der Waals surface area contributed by atoms with Gasteiger partial charge in [0.05, 0.1) is 35.8 Å². The lowest BCUT2D eigenvalue weighted by molar-refractivity contribution is -0.138. The number of aromatic nitrogens is 2. The number of hydrogen-bond acceptors (Lipinski definition) is 6. The second kappa shape index (κ2) is 9.86. The van der Waals surface area contributed by atoms with E-state index in [0.29, 0.717) is 27.9 Å². The normalized spacial score (nSPS) is 20.1. The minimum atomic E-state index is -4.53. The molecule has 0 radical (unpaired) electrons. The van der Waals surface area contributed by atoms with Crippen LogP contribution in [-0.4, -0.2) is 64.0 Å². The number of thioether (sulfide) groups is 1. The molecule has 0 unspecified atom stereocenters. The van der Waals surface area contributed by atoms with E-state index in [9.17, 15) is 22.8 Å². The summed E-state index contributed by atoms with van der Waals surface area (Å²) >= 11 is 0.923. The predicted octanol–water partition coefficient (Wildman–Crippen LogP) is 5.24. The Bertz CT molecular complexity index is 1400. The molecule has 0 aliphatic carbocycles. The van der Waals surface area contributed by atoms with Crippen molar-refractivity contribution in [3.8, 4) is 5.75 Å². The summed E-state index contributed by atoms with van der Waals surface area (Å²) in [5.74, 6) is -0.170. The molecular formula is C26H25F3N4O3S. The predicted molar refractivity (Wildman–Crippen MR) is 135 cm³/mol. The Morgan fingerprint density at radius 1 is 1.19 bits per heavy atom. The lowest BCUT2D eigenvalue weighted by Crippen LogP contribution is -2.40. The largest absolute Gasteiger partial charge is 0.497 e. The van der Waals surface area contributed by atoms with Gasteiger partial charge < -0.3 is 9.64 Å². The van der Waals surface area contributed by atoms with Gasteiger partial charge in [-0.15, -0.1) is 0 Å². The maximum absolute atomic E-state index is 13.6. The molecule has 194 valence electrons. The number of halogens is 3. The van der Waals surface area contributed by atoms with E-state index in [-0.39, 0.29) is 35.0 Å². The number of rotatable bonds is 6. The first-order valence-electron chi connectivity index (χ1n) is 11.8. The van der Waals surface area contributed by atoms with Gasteiger partial charge >= 0.3 is 6.18 Å². The van der Waals surface area contributed by atoms with Gasteiger partial charge in [0.15, 0.2) is 0 Å². The highest BCUT2D eigenvalue weighted by Gasteiger charge is 2.38. The van der Waals surface area contributed by atoms with Gasteiger partial charge in [-0.2, -0.15) is 18.3 Å². The van der Waals surface area contributed by atoms with Crippen molar-refractivity contribution >= 4 is 39.9 Å². The second-order valence-electron chi connectivity index (χ2n) is 9.21. The highest BCUT2D eigenvalue weighted by atomic mass is 32.2. The molecule has 0 N–H and O–H groups in total. The molecule has 1 aromatic heterocycles. The third-order valence-corrected chi connectivity index (χ3v) is 7.75. The number of carbonyl (C=O) groups excluding carboxylic acids is 2. The summed E-state index contributed by atoms with van der Waals surface area (Å²) in [4.78, 5) is 29.3. The number of benzene rings is 2. The monoisotopic (exact) mass is 530 g/mol. The average molecular weight is 531 g/mol. The van der Waals surface area contributed by atoms with Crippen molar-refractivity contribution < 1.29 is 27.5 Å². The number of amides is 2. The molecule has 0 saturated carbocycles. The molecule has 2 aliphatic rings. The molecule has 0 spiro atoms. The van der Waals surface area contributed by atoms with Gasteiger partial charge in [-0.05, 0) is 79.7 Å². The van der Waals surface area contributed by atoms with Crippen LogP contribution in [0, 0.1) is 0 Å². The van der Waals surface area contributed by atoms with Gasteiger partial charge in [0, 0.05) is 18.0 Å². The van der Waals surface area contributed by atoms with Crippen molar-refractivity contribution in [1.82, 2.24) is 19.6 Å². The molecule has 3 aromatic rings. The molecule has 2 amide bonds. The summed E-state index contributed by atoms with van der Waals surface area (Å²) in [5, 5.41) is 4.73. The van der Waals surface area contributed by atoms with Crippen LogP contribution in [0.25, 0.3) is 17.0 Å². The standard InChI is InChI=1S/C26H25F3N4O3S/c1-31-9-3-4-19(31)15-32-24(34)23(37-25(32)35)11-16-5-8-22-18(10-16)13-30-33(22)14-17-6-7-20(36-2)12-21(17)26(27,28)29/h5-8,10-13,19H,3-4,9,14-15H2,1-2H3/b23-11-/t19-/m0/s1. The van der Waals surface area contributed by atoms with Crippen LogP contribution in [0.15, 0.2) is 47.5 Å². The molecule has 2 fully saturated rings. The summed E-state index contributed by atoms with van der Waals surface area (Å²) < 4.78 is 47.3. The van der Waals surface area contributed by atoms with Crippen LogP contribution in [-0.2, 0) is 17.5 Å². The zero-order chi connectivity index (χ0) is 26.3. The van der Waals surface area contributed by atoms with Crippen LogP contribution in [0.2, 0.25) is 0 Å². The molecule has 37 heavy (non-hydrogen) atoms. The van der Waals surface area contributed by atoms with E-state index in [2.05, 4.69) is 10.00 Å². The number of nitrogens with zero attached hydrogens (tertiary/aromatic N) is 4. The molecule has 2 saturated heterocycles. The topological polar surface area (TPSA) is 67.7 Å². The first-order chi connectivity index (χ1) is 17.6. The van der Waals surface area contributed by atoms with E-state index in [4.69, 9.17) is 4.74 Å². The van der Waals surface area contributed by atoms with Crippen LogP contribution in [0.1, 0.15) is 29.5 Å². The molecular weight excluding hydrogens is 505 g/mol. The van der Waals surface area contributed by atoms with Crippen LogP contribution >= 0.6 is 11.8 Å². The SMILES string of the molecule is COc1ccc(Cn2ncc3cc(/C=C4\SC(=O)N(C[C@@H]5CCCN5C)C4=O)ccc32)c(C(F)(F)F)c1. The molecule has 11 heteroatoms. The lowest BCUT2D eigenvalue weighted by atomic mass is 10.1. The second-order valence-corrected chi connectivity index (χ2v) is 10.2. The number of methoxy groups -OCH3 is 1. The molecule has 3 heterocycles. The number of likely N-dealkylation sites (tertiary alicyclic amines) is 1. The number of likely N-dealkylation sites (N-methyl/N-ethyl adjacent to an activating group) is 1. The Kier molecular flexibility index (Phi) is 6.76. The van der Waals surface area contributed by atoms with Gasteiger partial charge in [0.2, 0.25) is 0 Å². The number of alkyl halides is 3. The summed E-state index contributed by atoms with van der Waals surface area (Å²) in [6.07, 6.45) is 0.725. The molecule has 7 nitrogen and oxygen atoms in total. The first-order valence-corrected chi connectivity index (χ1v) is 12.6. The Hall–Kier alpha value is -3.31. The van der Waals surface area contributed by atoms with E-state index < -0.39 is 11.7 Å². The minimum absolute atomic E-state index is 0.0731. The lowest BCUT2D eigenvalue weighted by Gasteiger charge is -2.23. The zero-order valence-electron chi connectivity index (χ0n) is 20.3. The van der Waals surface area contributed by atoms with E-state index in [1.165, 1.54) is 28.8 Å². The number of hydrogen-bond donors (Lipinski definition) is 0. The number of fused-ring (bicyclic) bond motifs is 1. The quantitative estimate of drug-likeness (QED) is 0.406. The summed E-state index contributed by atoms with van der Waals surface area (Å²) in [6.45, 7) is 1.27. The Balaban J connectivity index is 1.37. The number of carbonyl (C=O) groups is 2. The van der Waals surface area contributed by atoms with Gasteiger partial charge in [0.1, 0.15) is 5.75 Å². The van der Waals surface area contributed by atoms with Gasteiger partial charge in [-0.25, -0.2) is 0 Å². The molecule has 2 aromatic carbocycles. The Labute approximate surface area is 215 Å². The van der Waals surface area contributed by atoms with Crippen LogP contribution in [0.5, 0.6) is 5.75 Å². The summed E-state index contributed by atoms with van der Waals surface area (Å²) in [5.41, 5.74) is 0.657. The van der Waals surface area contributed by atoms with Crippen LogP contribution < -0.4 is 4.74 Å². The third kappa shape index (κ3) is 5.10. The van der Waals surface area contributed by atoms with Crippen molar-refractivity contribution in [1.29, 1.82) is 0 Å². The average Bonchev–Trinajstić information content (AvgIpc) is 3.53. The smallest absolute Gasteiger partial charge is 0.416 e. The van der Waals surface area contributed by atoms with Crippen molar-refractivity contribution in [3.63, 3.8) is 0 Å². The molecule has 1 atom stereocenters. The first kappa shape index (κ1) is 25.3. The minimum Gasteiger partial charge on any atom is -0.497 e. The van der Waals surface area contributed by atoms with E-state index in [1.54, 1.807) is 30.5 Å². The number of ether oxygens (including phenoxy) is 1.